The third kappa shape index (κ3) is 4.78. The number of likely N-dealkylation sites (N-methyl/N-ethyl adjacent to an activating group) is 1. The first-order valence-electron chi connectivity index (χ1n) is 17.3. The number of quaternary nitrogens is 1. The van der Waals surface area contributed by atoms with Gasteiger partial charge in [-0.1, -0.05) is 79.5 Å². The van der Waals surface area contributed by atoms with Gasteiger partial charge in [0.2, 0.25) is 0 Å². The Hall–Kier alpha value is -5.56. The highest BCUT2D eigenvalue weighted by Gasteiger charge is 2.31. The van der Waals surface area contributed by atoms with Crippen molar-refractivity contribution in [1.82, 2.24) is 14.0 Å². The zero-order valence-corrected chi connectivity index (χ0v) is 28.6. The monoisotopic (exact) mass is 656 g/mol. The van der Waals surface area contributed by atoms with E-state index in [0.29, 0.717) is 29.1 Å². The quantitative estimate of drug-likeness (QED) is 0.139. The molecule has 0 unspecified atom stereocenters. The number of aromatic hydroxyl groups is 2. The molecule has 1 aliphatic rings. The van der Waals surface area contributed by atoms with Crippen LogP contribution in [0.3, 0.4) is 0 Å². The molecular weight excluding hydrogens is 617 g/mol. The Bertz CT molecular complexity index is 2330. The third-order valence-corrected chi connectivity index (χ3v) is 10.6. The lowest BCUT2D eigenvalue weighted by molar-refractivity contribution is -0.918. The molecule has 0 radical (unpaired) electrons. The number of aryl methyl sites for hydroxylation is 2. The molecule has 0 spiro atoms. The second-order valence-electron chi connectivity index (χ2n) is 14.2. The van der Waals surface area contributed by atoms with Gasteiger partial charge in [-0.15, -0.1) is 0 Å². The minimum Gasteiger partial charge on any atom is -0.505 e. The van der Waals surface area contributed by atoms with Crippen LogP contribution in [0.2, 0.25) is 0 Å². The lowest BCUT2D eigenvalue weighted by Crippen LogP contribution is -2.42. The van der Waals surface area contributed by atoms with Gasteiger partial charge in [-0.05, 0) is 80.6 Å². The number of hydrogen-bond acceptors (Lipinski definition) is 3. The van der Waals surface area contributed by atoms with Crippen LogP contribution in [0.4, 0.5) is 0 Å². The van der Waals surface area contributed by atoms with E-state index in [1.165, 1.54) is 0 Å². The first-order chi connectivity index (χ1) is 24.3. The van der Waals surface area contributed by atoms with E-state index in [9.17, 15) is 10.2 Å². The van der Waals surface area contributed by atoms with Gasteiger partial charge in [-0.25, -0.2) is 0 Å². The van der Waals surface area contributed by atoms with Crippen LogP contribution in [0.25, 0.3) is 55.0 Å². The number of benzene rings is 6. The summed E-state index contributed by atoms with van der Waals surface area (Å²) in [6, 6.07) is 42.1. The van der Waals surface area contributed by atoms with E-state index in [-0.39, 0.29) is 0 Å². The summed E-state index contributed by atoms with van der Waals surface area (Å²) in [4.78, 5) is 2.24. The van der Waals surface area contributed by atoms with Crippen molar-refractivity contribution < 1.29 is 14.7 Å². The van der Waals surface area contributed by atoms with Gasteiger partial charge >= 0.3 is 0 Å². The molecule has 8 aromatic rings. The van der Waals surface area contributed by atoms with E-state index < -0.39 is 0 Å². The average Bonchev–Trinajstić information content (AvgIpc) is 3.77. The van der Waals surface area contributed by atoms with Crippen molar-refractivity contribution in [2.24, 2.45) is 0 Å². The first-order valence-corrected chi connectivity index (χ1v) is 17.3. The minimum atomic E-state index is 0.294. The highest BCUT2D eigenvalue weighted by molar-refractivity contribution is 6.10. The molecule has 1 saturated heterocycles. The molecule has 248 valence electrons. The number of phenols is 2. The largest absolute Gasteiger partial charge is 0.505 e. The Kier molecular flexibility index (Phi) is 7.02. The Morgan fingerprint density at radius 1 is 0.560 bits per heavy atom. The molecule has 9 rings (SSSR count). The summed E-state index contributed by atoms with van der Waals surface area (Å²) in [5.41, 5.74) is 9.81. The zero-order chi connectivity index (χ0) is 34.1. The summed E-state index contributed by atoms with van der Waals surface area (Å²) >= 11 is 0. The molecule has 0 atom stereocenters. The van der Waals surface area contributed by atoms with Gasteiger partial charge in [0.25, 0.3) is 0 Å². The van der Waals surface area contributed by atoms with Crippen LogP contribution in [0, 0.1) is 20.5 Å². The number of phenolic OH excluding ortho intramolecular Hbond substituents is 2. The summed E-state index contributed by atoms with van der Waals surface area (Å²) in [5, 5.41) is 29.0. The van der Waals surface area contributed by atoms with Crippen LogP contribution in [-0.2, 0) is 13.1 Å². The van der Waals surface area contributed by atoms with Gasteiger partial charge in [-0.3, -0.25) is 0 Å². The van der Waals surface area contributed by atoms with E-state index >= 15 is 0 Å². The van der Waals surface area contributed by atoms with E-state index in [4.69, 9.17) is 0 Å². The predicted molar refractivity (Wildman–Crippen MR) is 204 cm³/mol. The fourth-order valence-electron chi connectivity index (χ4n) is 8.48. The van der Waals surface area contributed by atoms with Crippen molar-refractivity contribution >= 4 is 43.6 Å². The van der Waals surface area contributed by atoms with Crippen LogP contribution in [0.15, 0.2) is 121 Å². The fraction of sp³-hybridized carbons (Fsp3) is 0.159. The normalized spacial score (nSPS) is 14.9. The summed E-state index contributed by atoms with van der Waals surface area (Å²) in [6.07, 6.45) is 0. The Morgan fingerprint density at radius 2 is 0.920 bits per heavy atom. The molecule has 0 aliphatic carbocycles. The summed E-state index contributed by atoms with van der Waals surface area (Å²) in [6.45, 7) is 9.39. The van der Waals surface area contributed by atoms with Gasteiger partial charge < -0.3 is 28.7 Å². The van der Waals surface area contributed by atoms with E-state index in [1.54, 1.807) is 0 Å². The Balaban J connectivity index is 1.16. The number of aromatic nitrogens is 2. The maximum atomic E-state index is 12.2. The minimum absolute atomic E-state index is 0.294. The van der Waals surface area contributed by atoms with Crippen molar-refractivity contribution in [1.29, 1.82) is 0 Å². The number of rotatable bonds is 6. The van der Waals surface area contributed by atoms with Gasteiger partial charge in [-0.2, -0.15) is 0 Å². The van der Waals surface area contributed by atoms with Crippen molar-refractivity contribution in [2.75, 3.05) is 20.1 Å². The van der Waals surface area contributed by atoms with Crippen LogP contribution < -0.4 is 0 Å². The number of fused-ring (bicyclic) bond motifs is 6. The molecule has 6 heteroatoms. The smallest absolute Gasteiger partial charge is 0.148 e. The SMILES string of the molecule is Cc1cc(C[N+]2(Cc3cc(C)cc(-n4c5ccccc5c5ccccc54)c3O)[CH-]N(C)CC2)c(O)c(-n2c3ccccc3c3ccccc32)c1. The zero-order valence-electron chi connectivity index (χ0n) is 28.6. The predicted octanol–water partition coefficient (Wildman–Crippen LogP) is 9.49. The van der Waals surface area contributed by atoms with Gasteiger partial charge in [0.05, 0.1) is 53.1 Å². The molecular formula is C44H40N4O2. The van der Waals surface area contributed by atoms with Crippen LogP contribution in [0.1, 0.15) is 22.3 Å². The molecule has 3 heterocycles. The number of para-hydroxylation sites is 4. The molecule has 2 aromatic heterocycles. The second-order valence-corrected chi connectivity index (χ2v) is 14.2. The highest BCUT2D eigenvalue weighted by atomic mass is 16.3. The van der Waals surface area contributed by atoms with E-state index in [1.807, 2.05) is 0 Å². The second kappa shape index (κ2) is 11.5. The lowest BCUT2D eigenvalue weighted by Gasteiger charge is -2.44. The lowest BCUT2D eigenvalue weighted by atomic mass is 10.0. The molecule has 0 saturated carbocycles. The molecule has 2 N–H and O–H groups in total. The number of nitrogens with zero attached hydrogens (tertiary/aromatic N) is 4. The first kappa shape index (κ1) is 30.5. The summed E-state index contributed by atoms with van der Waals surface area (Å²) < 4.78 is 4.97. The molecule has 1 fully saturated rings. The molecule has 0 amide bonds. The van der Waals surface area contributed by atoms with E-state index in [2.05, 4.69) is 163 Å². The molecule has 50 heavy (non-hydrogen) atoms. The topological polar surface area (TPSA) is 53.6 Å². The van der Waals surface area contributed by atoms with Gasteiger partial charge in [0, 0.05) is 39.2 Å². The van der Waals surface area contributed by atoms with Crippen molar-refractivity contribution in [2.45, 2.75) is 26.9 Å². The third-order valence-electron chi connectivity index (χ3n) is 10.6. The Labute approximate surface area is 291 Å². The maximum Gasteiger partial charge on any atom is 0.148 e. The molecule has 1 aliphatic heterocycles. The highest BCUT2D eigenvalue weighted by Crippen LogP contribution is 2.42. The summed E-state index contributed by atoms with van der Waals surface area (Å²) in [5.74, 6) is 0.587. The maximum absolute atomic E-state index is 12.2. The molecule has 0 bridgehead atoms. The summed E-state index contributed by atoms with van der Waals surface area (Å²) in [7, 11) is 2.11. The van der Waals surface area contributed by atoms with Crippen molar-refractivity contribution in [3.8, 4) is 22.9 Å². The fourth-order valence-corrected chi connectivity index (χ4v) is 8.48. The average molecular weight is 657 g/mol. The molecule has 6 nitrogen and oxygen atoms in total. The van der Waals surface area contributed by atoms with Gasteiger partial charge in [0.15, 0.2) is 0 Å². The Morgan fingerprint density at radius 3 is 1.26 bits per heavy atom. The standard InChI is InChI=1S/C44H40N4O2/c1-29-22-31(43(49)41(24-29)46-37-16-8-4-12-33(37)34-13-5-9-17-38(34)46)26-48(21-20-45(3)28-48)27-32-23-30(2)25-42(44(32)50)47-39-18-10-6-14-35(39)36-15-7-11-19-40(36)47/h4-19,22-25,28,49-50H,20-21,26-27H2,1-3H3. The van der Waals surface area contributed by atoms with Crippen molar-refractivity contribution in [3.05, 3.63) is 150 Å². The van der Waals surface area contributed by atoms with Crippen LogP contribution in [0.5, 0.6) is 11.5 Å². The van der Waals surface area contributed by atoms with Crippen LogP contribution in [-0.4, -0.2) is 48.9 Å². The van der Waals surface area contributed by atoms with E-state index in [0.717, 1.165) is 90.3 Å². The van der Waals surface area contributed by atoms with Crippen LogP contribution >= 0.6 is 0 Å². The van der Waals surface area contributed by atoms with Gasteiger partial charge in [0.1, 0.15) is 11.5 Å². The molecule has 6 aromatic carbocycles. The number of hydrogen-bond donors (Lipinski definition) is 2. The van der Waals surface area contributed by atoms with Crippen molar-refractivity contribution in [3.63, 3.8) is 0 Å².